The van der Waals surface area contributed by atoms with E-state index in [0.717, 1.165) is 12.0 Å². The number of hydrogen-bond donors (Lipinski definition) is 1. The lowest BCUT2D eigenvalue weighted by molar-refractivity contribution is 0.106. The van der Waals surface area contributed by atoms with Crippen molar-refractivity contribution in [1.82, 2.24) is 4.90 Å². The van der Waals surface area contributed by atoms with Gasteiger partial charge in [-0.25, -0.2) is 4.79 Å². The first kappa shape index (κ1) is 20.9. The van der Waals surface area contributed by atoms with Crippen molar-refractivity contribution in [2.45, 2.75) is 64.4 Å². The molecule has 0 unspecified atom stereocenters. The van der Waals surface area contributed by atoms with E-state index in [4.69, 9.17) is 9.16 Å². The topological polar surface area (TPSA) is 59.0 Å². The van der Waals surface area contributed by atoms with E-state index in [1.807, 2.05) is 6.92 Å². The second-order valence-electron chi connectivity index (χ2n) is 7.90. The Bertz CT molecular complexity index is 482. The average Bonchev–Trinajstić information content (AvgIpc) is 2.87. The molecular formula is C18H33NO4Si. The van der Waals surface area contributed by atoms with E-state index >= 15 is 0 Å². The van der Waals surface area contributed by atoms with Crippen molar-refractivity contribution in [1.29, 1.82) is 0 Å². The fraction of sp³-hybridized carbons (Fsp3) is 0.722. The van der Waals surface area contributed by atoms with Crippen molar-refractivity contribution in [3.8, 4) is 0 Å². The largest absolute Gasteiger partial charge is 0.445 e. The molecule has 1 aliphatic rings. The number of aliphatic hydroxyl groups is 1. The number of carbonyl (C=O) groups is 1. The summed E-state index contributed by atoms with van der Waals surface area (Å²) in [6, 6.07) is -0.0933. The van der Waals surface area contributed by atoms with Crippen LogP contribution in [0.15, 0.2) is 24.3 Å². The maximum atomic E-state index is 12.4. The van der Waals surface area contributed by atoms with E-state index < -0.39 is 8.32 Å². The minimum Gasteiger partial charge on any atom is -0.445 e. The third-order valence-corrected chi connectivity index (χ3v) is 9.56. The van der Waals surface area contributed by atoms with E-state index in [0.29, 0.717) is 6.54 Å². The molecule has 1 rings (SSSR count). The molecule has 1 heterocycles. The van der Waals surface area contributed by atoms with Gasteiger partial charge in [0, 0.05) is 6.54 Å². The molecule has 5 nitrogen and oxygen atoms in total. The Balaban J connectivity index is 2.92. The molecule has 24 heavy (non-hydrogen) atoms. The summed E-state index contributed by atoms with van der Waals surface area (Å²) in [6.45, 7) is 17.2. The van der Waals surface area contributed by atoms with E-state index in [1.165, 1.54) is 0 Å². The first-order chi connectivity index (χ1) is 11.0. The van der Waals surface area contributed by atoms with Crippen LogP contribution in [0, 0.1) is 0 Å². The standard InChI is InChI=1S/C18H33NO4Si/c1-8-11-22-17(21)19-13-15(12-16(19)14(2)9-10-20)23-24(6,7)18(3,4)5/h8-9,15-16,20H,1,10-13H2,2-7H3/b14-9+/t15-,16+/m1/s1. The monoisotopic (exact) mass is 355 g/mol. The number of rotatable bonds is 6. The van der Waals surface area contributed by atoms with Crippen LogP contribution in [0.5, 0.6) is 0 Å². The minimum atomic E-state index is -1.91. The minimum absolute atomic E-state index is 0.00536. The lowest BCUT2D eigenvalue weighted by atomic mass is 10.1. The predicted molar refractivity (Wildman–Crippen MR) is 99.6 cm³/mol. The molecule has 0 radical (unpaired) electrons. The molecule has 1 saturated heterocycles. The number of likely N-dealkylation sites (tertiary alicyclic amines) is 1. The molecule has 1 aliphatic heterocycles. The molecule has 0 aliphatic carbocycles. The summed E-state index contributed by atoms with van der Waals surface area (Å²) in [5, 5.41) is 9.29. The van der Waals surface area contributed by atoms with Gasteiger partial charge in [0.05, 0.1) is 18.8 Å². The van der Waals surface area contributed by atoms with Gasteiger partial charge in [0.1, 0.15) is 6.61 Å². The van der Waals surface area contributed by atoms with Gasteiger partial charge in [0.25, 0.3) is 0 Å². The van der Waals surface area contributed by atoms with Crippen LogP contribution in [0.3, 0.4) is 0 Å². The smallest absolute Gasteiger partial charge is 0.410 e. The van der Waals surface area contributed by atoms with Crippen LogP contribution in [0.2, 0.25) is 18.1 Å². The van der Waals surface area contributed by atoms with Gasteiger partial charge >= 0.3 is 6.09 Å². The molecule has 0 aromatic rings. The summed E-state index contributed by atoms with van der Waals surface area (Å²) in [4.78, 5) is 14.1. The molecule has 1 N–H and O–H groups in total. The number of nitrogens with zero attached hydrogens (tertiary/aromatic N) is 1. The zero-order valence-electron chi connectivity index (χ0n) is 16.0. The molecule has 1 fully saturated rings. The summed E-state index contributed by atoms with van der Waals surface area (Å²) in [7, 11) is -1.91. The summed E-state index contributed by atoms with van der Waals surface area (Å²) in [5.41, 5.74) is 0.967. The highest BCUT2D eigenvalue weighted by molar-refractivity contribution is 6.74. The zero-order chi connectivity index (χ0) is 18.5. The maximum absolute atomic E-state index is 12.4. The third kappa shape index (κ3) is 5.19. The molecule has 138 valence electrons. The van der Waals surface area contributed by atoms with Crippen molar-refractivity contribution >= 4 is 14.4 Å². The van der Waals surface area contributed by atoms with Crippen LogP contribution in [-0.4, -0.2) is 56.3 Å². The molecule has 0 saturated carbocycles. The Morgan fingerprint density at radius 2 is 2.04 bits per heavy atom. The Hall–Kier alpha value is -1.11. The molecule has 2 atom stereocenters. The van der Waals surface area contributed by atoms with Gasteiger partial charge < -0.3 is 14.3 Å². The molecule has 0 bridgehead atoms. The summed E-state index contributed by atoms with van der Waals surface area (Å²) >= 11 is 0. The first-order valence-electron chi connectivity index (χ1n) is 8.53. The van der Waals surface area contributed by atoms with Crippen molar-refractivity contribution in [3.05, 3.63) is 24.3 Å². The molecule has 0 aromatic heterocycles. The molecule has 0 spiro atoms. The van der Waals surface area contributed by atoms with Gasteiger partial charge in [0.2, 0.25) is 0 Å². The van der Waals surface area contributed by atoms with Crippen molar-refractivity contribution < 1.29 is 19.1 Å². The average molecular weight is 356 g/mol. The third-order valence-electron chi connectivity index (χ3n) is 5.03. The van der Waals surface area contributed by atoms with E-state index in [2.05, 4.69) is 40.4 Å². The van der Waals surface area contributed by atoms with Crippen LogP contribution in [0.25, 0.3) is 0 Å². The van der Waals surface area contributed by atoms with Gasteiger partial charge in [-0.2, -0.15) is 0 Å². The van der Waals surface area contributed by atoms with E-state index in [-0.39, 0.29) is 36.5 Å². The summed E-state index contributed by atoms with van der Waals surface area (Å²) in [5.74, 6) is 0. The van der Waals surface area contributed by atoms with Crippen molar-refractivity contribution in [2.24, 2.45) is 0 Å². The highest BCUT2D eigenvalue weighted by Gasteiger charge is 2.44. The number of aliphatic hydroxyl groups excluding tert-OH is 1. The fourth-order valence-corrected chi connectivity index (χ4v) is 3.96. The Morgan fingerprint density at radius 3 is 2.54 bits per heavy atom. The molecule has 1 amide bonds. The van der Waals surface area contributed by atoms with Crippen molar-refractivity contribution in [2.75, 3.05) is 19.8 Å². The van der Waals surface area contributed by atoms with Crippen LogP contribution in [0.4, 0.5) is 4.79 Å². The van der Waals surface area contributed by atoms with Crippen LogP contribution in [-0.2, 0) is 9.16 Å². The second-order valence-corrected chi connectivity index (χ2v) is 12.7. The lowest BCUT2D eigenvalue weighted by Crippen LogP contribution is -2.44. The quantitative estimate of drug-likeness (QED) is 0.583. The molecule has 6 heteroatoms. The molecule has 0 aromatic carbocycles. The SMILES string of the molecule is C=CCOC(=O)N1C[C@H](O[Si](C)(C)C(C)(C)C)C[C@H]1/C(C)=C/CO. The van der Waals surface area contributed by atoms with Crippen molar-refractivity contribution in [3.63, 3.8) is 0 Å². The Morgan fingerprint density at radius 1 is 1.42 bits per heavy atom. The predicted octanol–water partition coefficient (Wildman–Crippen LogP) is 3.71. The first-order valence-corrected chi connectivity index (χ1v) is 11.4. The normalized spacial score (nSPS) is 22.6. The summed E-state index contributed by atoms with van der Waals surface area (Å²) < 4.78 is 11.7. The van der Waals surface area contributed by atoms with Gasteiger partial charge in [-0.3, -0.25) is 4.90 Å². The van der Waals surface area contributed by atoms with E-state index in [1.54, 1.807) is 17.1 Å². The summed E-state index contributed by atoms with van der Waals surface area (Å²) in [6.07, 6.45) is 3.68. The van der Waals surface area contributed by atoms with Gasteiger partial charge in [-0.05, 0) is 31.5 Å². The van der Waals surface area contributed by atoms with Crippen LogP contribution < -0.4 is 0 Å². The van der Waals surface area contributed by atoms with Crippen LogP contribution >= 0.6 is 0 Å². The Kier molecular flexibility index (Phi) is 7.25. The number of ether oxygens (including phenoxy) is 1. The van der Waals surface area contributed by atoms with Crippen LogP contribution in [0.1, 0.15) is 34.1 Å². The maximum Gasteiger partial charge on any atom is 0.410 e. The van der Waals surface area contributed by atoms with E-state index in [9.17, 15) is 9.90 Å². The number of carbonyl (C=O) groups excluding carboxylic acids is 1. The highest BCUT2D eigenvalue weighted by atomic mass is 28.4. The second kappa shape index (κ2) is 8.32. The zero-order valence-corrected chi connectivity index (χ0v) is 17.0. The fourth-order valence-electron chi connectivity index (χ4n) is 2.60. The number of hydrogen-bond acceptors (Lipinski definition) is 4. The van der Waals surface area contributed by atoms with Gasteiger partial charge in [-0.15, -0.1) is 0 Å². The Labute approximate surface area is 147 Å². The number of amides is 1. The molecular weight excluding hydrogens is 322 g/mol. The highest BCUT2D eigenvalue weighted by Crippen LogP contribution is 2.39. The van der Waals surface area contributed by atoms with Gasteiger partial charge in [-0.1, -0.05) is 45.1 Å². The van der Waals surface area contributed by atoms with Gasteiger partial charge in [0.15, 0.2) is 8.32 Å². The lowest BCUT2D eigenvalue weighted by Gasteiger charge is -2.38.